The topological polar surface area (TPSA) is 72.2 Å². The van der Waals surface area contributed by atoms with Gasteiger partial charge in [-0.3, -0.25) is 0 Å². The van der Waals surface area contributed by atoms with Crippen molar-refractivity contribution in [3.05, 3.63) is 136 Å². The average molecular weight is 616 g/mol. The number of benzene rings is 4. The van der Waals surface area contributed by atoms with E-state index in [1.165, 1.54) is 22.3 Å². The normalized spacial score (nSPS) is 12.5. The van der Waals surface area contributed by atoms with Crippen LogP contribution in [-0.4, -0.2) is 8.42 Å². The summed E-state index contributed by atoms with van der Waals surface area (Å²) >= 11 is 0. The Labute approximate surface area is 241 Å². The van der Waals surface area contributed by atoms with Crippen molar-refractivity contribution >= 4 is 10.0 Å². The Balaban J connectivity index is 0.000000389. The zero-order valence-electron chi connectivity index (χ0n) is 23.0. The molecule has 0 aromatic heterocycles. The van der Waals surface area contributed by atoms with Crippen molar-refractivity contribution in [2.75, 3.05) is 0 Å². The number of rotatable bonds is 6. The third kappa shape index (κ3) is 8.44. The number of nitrogens with one attached hydrogen (secondary N) is 1. The molecule has 6 heteroatoms. The molecule has 4 rings (SSSR count). The maximum absolute atomic E-state index is 13.1. The molecule has 0 unspecified atom stereocenters. The van der Waals surface area contributed by atoms with Crippen molar-refractivity contribution in [2.45, 2.75) is 58.5 Å². The van der Waals surface area contributed by atoms with Crippen LogP contribution in [0.4, 0.5) is 0 Å². The first-order valence-corrected chi connectivity index (χ1v) is 14.0. The van der Waals surface area contributed by atoms with Gasteiger partial charge in [0.1, 0.15) is 0 Å². The van der Waals surface area contributed by atoms with E-state index in [0.717, 1.165) is 22.3 Å². The molecular formula is C32H38N2O2RuS. The monoisotopic (exact) mass is 616 g/mol. The summed E-state index contributed by atoms with van der Waals surface area (Å²) in [7, 11) is -3.74. The Morgan fingerprint density at radius 2 is 1.00 bits per heavy atom. The van der Waals surface area contributed by atoms with Gasteiger partial charge >= 0.3 is 0 Å². The van der Waals surface area contributed by atoms with Crippen LogP contribution in [0.5, 0.6) is 0 Å². The van der Waals surface area contributed by atoms with Gasteiger partial charge in [0, 0.05) is 19.5 Å². The van der Waals surface area contributed by atoms with Crippen LogP contribution in [0.25, 0.3) is 0 Å². The second-order valence-corrected chi connectivity index (χ2v) is 11.5. The molecule has 38 heavy (non-hydrogen) atoms. The molecule has 2 atom stereocenters. The Bertz CT molecular complexity index is 1370. The summed E-state index contributed by atoms with van der Waals surface area (Å²) < 4.78 is 29.0. The third-order valence-corrected chi connectivity index (χ3v) is 8.02. The fourth-order valence-corrected chi connectivity index (χ4v) is 5.74. The minimum Gasteiger partial charge on any atom is -0.322 e. The van der Waals surface area contributed by atoms with Crippen molar-refractivity contribution in [2.24, 2.45) is 5.73 Å². The Kier molecular flexibility index (Phi) is 11.6. The van der Waals surface area contributed by atoms with E-state index in [1.807, 2.05) is 80.6 Å². The zero-order chi connectivity index (χ0) is 27.2. The maximum atomic E-state index is 13.1. The molecule has 0 bridgehead atoms. The maximum Gasteiger partial charge on any atom is 0.241 e. The predicted molar refractivity (Wildman–Crippen MR) is 154 cm³/mol. The van der Waals surface area contributed by atoms with Gasteiger partial charge in [-0.1, -0.05) is 78.9 Å². The zero-order valence-corrected chi connectivity index (χ0v) is 25.5. The van der Waals surface area contributed by atoms with Crippen LogP contribution in [0.1, 0.15) is 56.6 Å². The summed E-state index contributed by atoms with van der Waals surface area (Å²) in [6.07, 6.45) is 0. The molecule has 0 saturated carbocycles. The molecule has 4 aromatic rings. The van der Waals surface area contributed by atoms with Gasteiger partial charge in [-0.2, -0.15) is 0 Å². The molecule has 0 aliphatic rings. The second kappa shape index (κ2) is 14.0. The van der Waals surface area contributed by atoms with Crippen LogP contribution in [-0.2, 0) is 29.5 Å². The van der Waals surface area contributed by atoms with E-state index >= 15 is 0 Å². The van der Waals surface area contributed by atoms with E-state index < -0.39 is 22.1 Å². The fourth-order valence-electron chi connectivity index (χ4n) is 4.30. The number of nitrogens with two attached hydrogens (primary N) is 1. The first-order chi connectivity index (χ1) is 17.5. The first-order valence-electron chi connectivity index (χ1n) is 12.5. The summed E-state index contributed by atoms with van der Waals surface area (Å²) in [6.45, 7) is 12.4. The second-order valence-electron chi connectivity index (χ2n) is 9.79. The van der Waals surface area contributed by atoms with Crippen molar-refractivity contribution < 1.29 is 27.9 Å². The molecule has 0 amide bonds. The minimum atomic E-state index is -3.74. The molecule has 4 aromatic carbocycles. The Hall–Kier alpha value is -2.63. The van der Waals surface area contributed by atoms with E-state index in [4.69, 9.17) is 5.73 Å². The van der Waals surface area contributed by atoms with Gasteiger partial charge in [-0.25, -0.2) is 13.1 Å². The first kappa shape index (κ1) is 31.6. The Morgan fingerprint density at radius 1 is 0.605 bits per heavy atom. The van der Waals surface area contributed by atoms with E-state index in [-0.39, 0.29) is 24.4 Å². The number of sulfonamides is 1. The number of aryl methyl sites for hydroxylation is 6. The van der Waals surface area contributed by atoms with Gasteiger partial charge in [0.25, 0.3) is 0 Å². The van der Waals surface area contributed by atoms with E-state index in [0.29, 0.717) is 0 Å². The predicted octanol–water partition coefficient (Wildman–Crippen LogP) is 6.94. The fraction of sp³-hybridized carbons (Fsp3) is 0.250. The summed E-state index contributed by atoms with van der Waals surface area (Å²) in [6, 6.07) is 27.6. The van der Waals surface area contributed by atoms with Gasteiger partial charge in [0.2, 0.25) is 10.0 Å². The molecular weight excluding hydrogens is 578 g/mol. The van der Waals surface area contributed by atoms with Crippen LogP contribution in [0.2, 0.25) is 0 Å². The SMILES string of the molecule is Cc1cc(C)c(C)cc1C.Cc1cc(C)cc(S(=O)(=O)N[C@H](c2ccccc2)[C@H](N)c2ccccc2)c1.[Ru]. The minimum absolute atomic E-state index is 0. The molecule has 3 N–H and O–H groups in total. The van der Waals surface area contributed by atoms with Crippen molar-refractivity contribution in [3.8, 4) is 0 Å². The molecule has 0 radical (unpaired) electrons. The molecule has 4 nitrogen and oxygen atoms in total. The van der Waals surface area contributed by atoms with E-state index in [2.05, 4.69) is 44.5 Å². The van der Waals surface area contributed by atoms with Crippen LogP contribution < -0.4 is 10.5 Å². The summed E-state index contributed by atoms with van der Waals surface area (Å²) in [4.78, 5) is 0.251. The van der Waals surface area contributed by atoms with Crippen molar-refractivity contribution in [1.29, 1.82) is 0 Å². The number of hydrogen-bond acceptors (Lipinski definition) is 3. The molecule has 0 spiro atoms. The van der Waals surface area contributed by atoms with Gasteiger partial charge in [0.05, 0.1) is 17.0 Å². The van der Waals surface area contributed by atoms with E-state index in [1.54, 1.807) is 12.1 Å². The third-order valence-electron chi connectivity index (χ3n) is 6.60. The molecule has 0 heterocycles. The quantitative estimate of drug-likeness (QED) is 0.231. The van der Waals surface area contributed by atoms with Crippen LogP contribution >= 0.6 is 0 Å². The smallest absolute Gasteiger partial charge is 0.241 e. The average Bonchev–Trinajstić information content (AvgIpc) is 2.87. The molecule has 0 aliphatic heterocycles. The molecule has 202 valence electrons. The largest absolute Gasteiger partial charge is 0.322 e. The van der Waals surface area contributed by atoms with Crippen molar-refractivity contribution in [1.82, 2.24) is 4.72 Å². The molecule has 0 aliphatic carbocycles. The molecule has 0 fully saturated rings. The van der Waals surface area contributed by atoms with Crippen LogP contribution in [0, 0.1) is 41.5 Å². The summed E-state index contributed by atoms with van der Waals surface area (Å²) in [5, 5.41) is 0. The summed E-state index contributed by atoms with van der Waals surface area (Å²) in [5.74, 6) is 0. The standard InChI is InChI=1S/C22H24N2O2S.C10H14.Ru/c1-16-13-17(2)15-20(14-16)27(25,26)24-22(19-11-7-4-8-12-19)21(23)18-9-5-3-6-10-18;1-7-5-9(3)10(4)6-8(7)2;/h3-15,21-22,24H,23H2,1-2H3;5-6H,1-4H3;/t21-,22-;;/m1../s1. The van der Waals surface area contributed by atoms with Gasteiger partial charge < -0.3 is 5.73 Å². The number of hydrogen-bond donors (Lipinski definition) is 2. The van der Waals surface area contributed by atoms with Gasteiger partial charge in [-0.15, -0.1) is 0 Å². The van der Waals surface area contributed by atoms with Gasteiger partial charge in [-0.05, 0) is 98.2 Å². The van der Waals surface area contributed by atoms with Gasteiger partial charge in [0.15, 0.2) is 0 Å². The summed E-state index contributed by atoms with van der Waals surface area (Å²) in [5.41, 5.74) is 15.6. The van der Waals surface area contributed by atoms with Crippen molar-refractivity contribution in [3.63, 3.8) is 0 Å². The van der Waals surface area contributed by atoms with Crippen LogP contribution in [0.15, 0.2) is 95.9 Å². The van der Waals surface area contributed by atoms with Crippen LogP contribution in [0.3, 0.4) is 0 Å². The Morgan fingerprint density at radius 3 is 1.42 bits per heavy atom. The van der Waals surface area contributed by atoms with E-state index in [9.17, 15) is 8.42 Å². The molecule has 0 saturated heterocycles.